The molecular formula is C14H12BrClFN. The van der Waals surface area contributed by atoms with Crippen LogP contribution in [0.3, 0.4) is 0 Å². The van der Waals surface area contributed by atoms with Crippen LogP contribution in [0.5, 0.6) is 0 Å². The third-order valence-electron chi connectivity index (χ3n) is 2.74. The number of hydrogen-bond acceptors (Lipinski definition) is 1. The first kappa shape index (κ1) is 13.5. The Bertz CT molecular complexity index is 559. The Hall–Kier alpha value is -0.900. The molecule has 1 N–H and O–H groups in total. The zero-order chi connectivity index (χ0) is 13.1. The SMILES string of the molecule is CNC(c1cccc(F)c1)c1ccc(Cl)cc1Br. The van der Waals surface area contributed by atoms with Gasteiger partial charge in [0.1, 0.15) is 5.82 Å². The van der Waals surface area contributed by atoms with Gasteiger partial charge in [-0.15, -0.1) is 0 Å². The molecular weight excluding hydrogens is 317 g/mol. The van der Waals surface area contributed by atoms with E-state index < -0.39 is 0 Å². The van der Waals surface area contributed by atoms with Crippen molar-refractivity contribution in [1.82, 2.24) is 5.32 Å². The lowest BCUT2D eigenvalue weighted by molar-refractivity contribution is 0.616. The normalized spacial score (nSPS) is 12.4. The Morgan fingerprint density at radius 3 is 2.61 bits per heavy atom. The molecule has 0 fully saturated rings. The van der Waals surface area contributed by atoms with Crippen molar-refractivity contribution in [2.45, 2.75) is 6.04 Å². The number of rotatable bonds is 3. The zero-order valence-corrected chi connectivity index (χ0v) is 12.1. The van der Waals surface area contributed by atoms with Gasteiger partial charge in [-0.2, -0.15) is 0 Å². The van der Waals surface area contributed by atoms with Gasteiger partial charge in [0.2, 0.25) is 0 Å². The summed E-state index contributed by atoms with van der Waals surface area (Å²) in [7, 11) is 1.84. The molecule has 94 valence electrons. The summed E-state index contributed by atoms with van der Waals surface area (Å²) in [4.78, 5) is 0. The lowest BCUT2D eigenvalue weighted by Gasteiger charge is -2.19. The average molecular weight is 329 g/mol. The van der Waals surface area contributed by atoms with Crippen molar-refractivity contribution in [1.29, 1.82) is 0 Å². The topological polar surface area (TPSA) is 12.0 Å². The molecule has 0 bridgehead atoms. The second-order valence-electron chi connectivity index (χ2n) is 3.94. The molecule has 0 heterocycles. The molecule has 0 aliphatic rings. The zero-order valence-electron chi connectivity index (χ0n) is 9.75. The lowest BCUT2D eigenvalue weighted by atomic mass is 9.99. The van der Waals surface area contributed by atoms with Crippen molar-refractivity contribution in [3.05, 3.63) is 68.9 Å². The molecule has 0 aliphatic heterocycles. The molecule has 18 heavy (non-hydrogen) atoms. The molecule has 1 nitrogen and oxygen atoms in total. The highest BCUT2D eigenvalue weighted by Gasteiger charge is 2.15. The van der Waals surface area contributed by atoms with Gasteiger partial charge < -0.3 is 5.32 Å². The van der Waals surface area contributed by atoms with Crippen molar-refractivity contribution in [3.63, 3.8) is 0 Å². The van der Waals surface area contributed by atoms with E-state index in [1.165, 1.54) is 12.1 Å². The maximum absolute atomic E-state index is 13.3. The molecule has 0 aromatic heterocycles. The van der Waals surface area contributed by atoms with Gasteiger partial charge in [0.05, 0.1) is 6.04 Å². The second-order valence-corrected chi connectivity index (χ2v) is 5.23. The summed E-state index contributed by atoms with van der Waals surface area (Å²) in [5, 5.41) is 3.85. The van der Waals surface area contributed by atoms with Gasteiger partial charge in [0, 0.05) is 9.50 Å². The van der Waals surface area contributed by atoms with Crippen LogP contribution in [0, 0.1) is 5.82 Å². The number of benzene rings is 2. The minimum atomic E-state index is -0.238. The predicted octanol–water partition coefficient (Wildman–Crippen LogP) is 4.55. The van der Waals surface area contributed by atoms with Crippen molar-refractivity contribution >= 4 is 27.5 Å². The van der Waals surface area contributed by atoms with Crippen LogP contribution in [0.25, 0.3) is 0 Å². The van der Waals surface area contributed by atoms with E-state index >= 15 is 0 Å². The first-order valence-corrected chi connectivity index (χ1v) is 6.66. The first-order valence-electron chi connectivity index (χ1n) is 5.49. The molecule has 4 heteroatoms. The van der Waals surface area contributed by atoms with Crippen molar-refractivity contribution in [2.75, 3.05) is 7.05 Å². The number of nitrogens with one attached hydrogen (secondary N) is 1. The van der Waals surface area contributed by atoms with Crippen molar-refractivity contribution < 1.29 is 4.39 Å². The molecule has 0 aliphatic carbocycles. The van der Waals surface area contributed by atoms with Gasteiger partial charge in [0.15, 0.2) is 0 Å². The third-order valence-corrected chi connectivity index (χ3v) is 3.67. The summed E-state index contributed by atoms with van der Waals surface area (Å²) >= 11 is 9.41. The molecule has 1 atom stereocenters. The number of hydrogen-bond donors (Lipinski definition) is 1. The fraction of sp³-hybridized carbons (Fsp3) is 0.143. The third kappa shape index (κ3) is 2.91. The van der Waals surface area contributed by atoms with Crippen LogP contribution < -0.4 is 5.32 Å². The minimum Gasteiger partial charge on any atom is -0.309 e. The van der Waals surface area contributed by atoms with E-state index in [0.29, 0.717) is 5.02 Å². The van der Waals surface area contributed by atoms with Crippen LogP contribution in [0.2, 0.25) is 5.02 Å². The van der Waals surface area contributed by atoms with Gasteiger partial charge in [0.25, 0.3) is 0 Å². The predicted molar refractivity (Wildman–Crippen MR) is 76.5 cm³/mol. The van der Waals surface area contributed by atoms with Crippen LogP contribution in [0.4, 0.5) is 4.39 Å². The molecule has 0 amide bonds. The van der Waals surface area contributed by atoms with Gasteiger partial charge in [-0.3, -0.25) is 0 Å². The summed E-state index contributed by atoms with van der Waals surface area (Å²) < 4.78 is 14.2. The Morgan fingerprint density at radius 1 is 1.22 bits per heavy atom. The Balaban J connectivity index is 2.45. The van der Waals surface area contributed by atoms with Gasteiger partial charge in [-0.25, -0.2) is 4.39 Å². The molecule has 0 radical (unpaired) electrons. The second kappa shape index (κ2) is 5.83. The van der Waals surface area contributed by atoms with E-state index in [-0.39, 0.29) is 11.9 Å². The molecule has 2 rings (SSSR count). The van der Waals surface area contributed by atoms with Gasteiger partial charge in [-0.1, -0.05) is 45.7 Å². The smallest absolute Gasteiger partial charge is 0.123 e. The molecule has 0 spiro atoms. The Morgan fingerprint density at radius 2 is 2.00 bits per heavy atom. The summed E-state index contributed by atoms with van der Waals surface area (Å²) in [5.74, 6) is -0.238. The molecule has 2 aromatic carbocycles. The van der Waals surface area contributed by atoms with Crippen LogP contribution in [0.1, 0.15) is 17.2 Å². The molecule has 2 aromatic rings. The van der Waals surface area contributed by atoms with Crippen LogP contribution in [-0.2, 0) is 0 Å². The van der Waals surface area contributed by atoms with E-state index in [1.54, 1.807) is 6.07 Å². The van der Waals surface area contributed by atoms with Crippen LogP contribution >= 0.6 is 27.5 Å². The monoisotopic (exact) mass is 327 g/mol. The molecule has 0 saturated carbocycles. The van der Waals surface area contributed by atoms with E-state index in [4.69, 9.17) is 11.6 Å². The van der Waals surface area contributed by atoms with Crippen LogP contribution in [0.15, 0.2) is 46.9 Å². The molecule has 1 unspecified atom stereocenters. The highest BCUT2D eigenvalue weighted by Crippen LogP contribution is 2.30. The van der Waals surface area contributed by atoms with Gasteiger partial charge >= 0.3 is 0 Å². The summed E-state index contributed by atoms with van der Waals surface area (Å²) in [6, 6.07) is 12.1. The fourth-order valence-electron chi connectivity index (χ4n) is 1.92. The first-order chi connectivity index (χ1) is 8.61. The number of halogens is 3. The summed E-state index contributed by atoms with van der Waals surface area (Å²) in [6.07, 6.45) is 0. The summed E-state index contributed by atoms with van der Waals surface area (Å²) in [5.41, 5.74) is 1.90. The Labute approximate surface area is 119 Å². The highest BCUT2D eigenvalue weighted by molar-refractivity contribution is 9.10. The summed E-state index contributed by atoms with van der Waals surface area (Å²) in [6.45, 7) is 0. The average Bonchev–Trinajstić information content (AvgIpc) is 2.33. The van der Waals surface area contributed by atoms with Crippen LogP contribution in [-0.4, -0.2) is 7.05 Å². The van der Waals surface area contributed by atoms with Gasteiger partial charge in [-0.05, 0) is 42.4 Å². The molecule has 0 saturated heterocycles. The maximum atomic E-state index is 13.3. The van der Waals surface area contributed by atoms with E-state index in [1.807, 2.05) is 31.3 Å². The largest absolute Gasteiger partial charge is 0.309 e. The fourth-order valence-corrected chi connectivity index (χ4v) is 2.84. The highest BCUT2D eigenvalue weighted by atomic mass is 79.9. The maximum Gasteiger partial charge on any atom is 0.123 e. The lowest BCUT2D eigenvalue weighted by Crippen LogP contribution is -2.18. The van der Waals surface area contributed by atoms with E-state index in [0.717, 1.165) is 15.6 Å². The minimum absolute atomic E-state index is 0.0765. The van der Waals surface area contributed by atoms with Crippen molar-refractivity contribution in [2.24, 2.45) is 0 Å². The standard InChI is InChI=1S/C14H12BrClFN/c1-18-14(9-3-2-4-11(17)7-9)12-6-5-10(16)8-13(12)15/h2-8,14,18H,1H3. The van der Waals surface area contributed by atoms with E-state index in [9.17, 15) is 4.39 Å². The van der Waals surface area contributed by atoms with Crippen molar-refractivity contribution in [3.8, 4) is 0 Å². The quantitative estimate of drug-likeness (QED) is 0.871. The Kier molecular flexibility index (Phi) is 4.38. The van der Waals surface area contributed by atoms with E-state index in [2.05, 4.69) is 21.2 Å².